The first-order chi connectivity index (χ1) is 20.8. The smallest absolute Gasteiger partial charge is 0.410 e. The van der Waals surface area contributed by atoms with Crippen LogP contribution in [0.2, 0.25) is 0 Å². The number of aryl methyl sites for hydroxylation is 1. The van der Waals surface area contributed by atoms with E-state index in [2.05, 4.69) is 12.1 Å². The molecule has 44 heavy (non-hydrogen) atoms. The molecule has 0 atom stereocenters. The minimum absolute atomic E-state index is 0.0916. The lowest BCUT2D eigenvalue weighted by Gasteiger charge is -2.33. The number of amides is 2. The number of carboxylic acids is 1. The topological polar surface area (TPSA) is 111 Å². The zero-order valence-corrected chi connectivity index (χ0v) is 26.8. The molecule has 0 aromatic heterocycles. The molecular weight excluding hydrogens is 578 g/mol. The highest BCUT2D eigenvalue weighted by atomic mass is 32.2. The number of anilines is 1. The van der Waals surface area contributed by atoms with E-state index in [4.69, 9.17) is 4.74 Å². The third kappa shape index (κ3) is 9.00. The van der Waals surface area contributed by atoms with E-state index in [-0.39, 0.29) is 30.7 Å². The number of piperidine rings is 1. The van der Waals surface area contributed by atoms with Crippen LogP contribution in [0.5, 0.6) is 5.75 Å². The molecule has 10 heteroatoms. The van der Waals surface area contributed by atoms with Gasteiger partial charge in [-0.15, -0.1) is 0 Å². The molecule has 2 N–H and O–H groups in total. The standard InChI is InChI=1S/C34H41N3O6S/c1-23-6-13-28(14-7-23)44-35(5)22-31(39)37(27-12-15-29(32(40)41)30(38)20-27)21-24-8-10-25(11-9-24)26-16-18-36(19-17-26)33(42)43-34(2,3)4/h6-15,20,26,38H,16-19,21-22H2,1-5H3,(H,40,41). The molecule has 0 aliphatic carbocycles. The molecule has 4 rings (SSSR count). The summed E-state index contributed by atoms with van der Waals surface area (Å²) in [5.41, 5.74) is 2.88. The van der Waals surface area contributed by atoms with Crippen molar-refractivity contribution < 1.29 is 29.3 Å². The molecule has 0 spiro atoms. The number of phenols is 1. The van der Waals surface area contributed by atoms with Gasteiger partial charge >= 0.3 is 12.1 Å². The second kappa shape index (κ2) is 14.2. The Bertz CT molecular complexity index is 1460. The van der Waals surface area contributed by atoms with Crippen molar-refractivity contribution in [2.45, 2.75) is 63.5 Å². The van der Waals surface area contributed by atoms with E-state index in [0.29, 0.717) is 24.7 Å². The van der Waals surface area contributed by atoms with Gasteiger partial charge in [-0.1, -0.05) is 42.0 Å². The van der Waals surface area contributed by atoms with Crippen LogP contribution in [0.3, 0.4) is 0 Å². The quantitative estimate of drug-likeness (QED) is 0.255. The first kappa shape index (κ1) is 32.9. The Kier molecular flexibility index (Phi) is 10.6. The molecule has 0 unspecified atom stereocenters. The third-order valence-electron chi connectivity index (χ3n) is 7.40. The van der Waals surface area contributed by atoms with Crippen molar-refractivity contribution in [2.24, 2.45) is 0 Å². The molecule has 0 radical (unpaired) electrons. The number of hydrogen-bond donors (Lipinski definition) is 2. The number of carbonyl (C=O) groups excluding carboxylic acids is 2. The summed E-state index contributed by atoms with van der Waals surface area (Å²) in [7, 11) is 1.84. The van der Waals surface area contributed by atoms with Crippen LogP contribution in [0.4, 0.5) is 10.5 Å². The van der Waals surface area contributed by atoms with Gasteiger partial charge in [0.2, 0.25) is 5.91 Å². The molecule has 0 saturated carbocycles. The summed E-state index contributed by atoms with van der Waals surface area (Å²) >= 11 is 1.46. The number of nitrogens with zero attached hydrogens (tertiary/aromatic N) is 3. The maximum Gasteiger partial charge on any atom is 0.410 e. The van der Waals surface area contributed by atoms with Crippen LogP contribution in [-0.2, 0) is 16.1 Å². The third-order valence-corrected chi connectivity index (χ3v) is 8.33. The highest BCUT2D eigenvalue weighted by Gasteiger charge is 2.28. The monoisotopic (exact) mass is 619 g/mol. The van der Waals surface area contributed by atoms with E-state index in [1.54, 1.807) is 15.9 Å². The van der Waals surface area contributed by atoms with Crippen molar-refractivity contribution >= 4 is 35.6 Å². The van der Waals surface area contributed by atoms with Gasteiger partial charge in [0.25, 0.3) is 0 Å². The van der Waals surface area contributed by atoms with Crippen molar-refractivity contribution in [3.8, 4) is 5.75 Å². The predicted molar refractivity (Wildman–Crippen MR) is 172 cm³/mol. The van der Waals surface area contributed by atoms with Gasteiger partial charge in [-0.2, -0.15) is 0 Å². The number of likely N-dealkylation sites (N-methyl/N-ethyl adjacent to an activating group) is 1. The van der Waals surface area contributed by atoms with Crippen molar-refractivity contribution in [1.82, 2.24) is 9.21 Å². The van der Waals surface area contributed by atoms with Crippen molar-refractivity contribution in [2.75, 3.05) is 31.6 Å². The second-order valence-electron chi connectivity index (χ2n) is 12.2. The van der Waals surface area contributed by atoms with Gasteiger partial charge in [0.05, 0.1) is 13.1 Å². The number of ether oxygens (including phenoxy) is 1. The highest BCUT2D eigenvalue weighted by Crippen LogP contribution is 2.31. The fourth-order valence-corrected chi connectivity index (χ4v) is 5.87. The Balaban J connectivity index is 1.46. The van der Waals surface area contributed by atoms with Crippen LogP contribution < -0.4 is 4.90 Å². The lowest BCUT2D eigenvalue weighted by Crippen LogP contribution is -2.41. The number of benzene rings is 3. The Labute approximate surface area is 263 Å². The lowest BCUT2D eigenvalue weighted by molar-refractivity contribution is -0.118. The van der Waals surface area contributed by atoms with E-state index in [9.17, 15) is 24.6 Å². The maximum atomic E-state index is 13.7. The zero-order valence-electron chi connectivity index (χ0n) is 25.9. The van der Waals surface area contributed by atoms with Crippen molar-refractivity contribution in [3.63, 3.8) is 0 Å². The van der Waals surface area contributed by atoms with Crippen LogP contribution >= 0.6 is 11.9 Å². The number of aromatic hydroxyl groups is 1. The number of hydrogen-bond acceptors (Lipinski definition) is 7. The van der Waals surface area contributed by atoms with Gasteiger partial charge in [-0.25, -0.2) is 13.9 Å². The molecule has 1 aliphatic rings. The minimum Gasteiger partial charge on any atom is -0.507 e. The molecule has 3 aromatic carbocycles. The van der Waals surface area contributed by atoms with Gasteiger partial charge in [-0.3, -0.25) is 4.79 Å². The van der Waals surface area contributed by atoms with Crippen molar-refractivity contribution in [3.05, 3.63) is 89.0 Å². The molecule has 234 valence electrons. The molecule has 1 aliphatic heterocycles. The SMILES string of the molecule is Cc1ccc(SN(C)CC(=O)N(Cc2ccc(C3CCN(C(=O)OC(C)(C)C)CC3)cc2)c2ccc(C(=O)O)c(O)c2)cc1. The largest absolute Gasteiger partial charge is 0.507 e. The molecule has 2 amide bonds. The number of carboxylic acid groups (broad SMARTS) is 1. The molecule has 1 fully saturated rings. The predicted octanol–water partition coefficient (Wildman–Crippen LogP) is 6.69. The van der Waals surface area contributed by atoms with E-state index < -0.39 is 17.3 Å². The minimum atomic E-state index is -1.24. The number of rotatable bonds is 9. The van der Waals surface area contributed by atoms with Crippen LogP contribution in [0.25, 0.3) is 0 Å². The Hall–Kier alpha value is -4.02. The normalized spacial score (nSPS) is 14.0. The number of carbonyl (C=O) groups is 3. The molecule has 1 heterocycles. The van der Waals surface area contributed by atoms with Gasteiger partial charge in [0.1, 0.15) is 16.9 Å². The Morgan fingerprint density at radius 2 is 1.61 bits per heavy atom. The van der Waals surface area contributed by atoms with Crippen LogP contribution in [0.1, 0.15) is 66.6 Å². The van der Waals surface area contributed by atoms with Gasteiger partial charge in [-0.05, 0) is 101 Å². The summed E-state index contributed by atoms with van der Waals surface area (Å²) < 4.78 is 7.36. The fraction of sp³-hybridized carbons (Fsp3) is 0.382. The summed E-state index contributed by atoms with van der Waals surface area (Å²) in [6.45, 7) is 9.21. The summed E-state index contributed by atoms with van der Waals surface area (Å²) in [6, 6.07) is 20.3. The first-order valence-electron chi connectivity index (χ1n) is 14.7. The molecular formula is C34H41N3O6S. The second-order valence-corrected chi connectivity index (χ2v) is 13.4. The zero-order chi connectivity index (χ0) is 32.0. The summed E-state index contributed by atoms with van der Waals surface area (Å²) in [6.07, 6.45) is 1.40. The maximum absolute atomic E-state index is 13.7. The molecule has 9 nitrogen and oxygen atoms in total. The van der Waals surface area contributed by atoms with Crippen molar-refractivity contribution in [1.29, 1.82) is 0 Å². The van der Waals surface area contributed by atoms with E-state index >= 15 is 0 Å². The van der Waals surface area contributed by atoms with Gasteiger partial charge in [0, 0.05) is 29.7 Å². The number of likely N-dealkylation sites (tertiary alicyclic amines) is 1. The lowest BCUT2D eigenvalue weighted by atomic mass is 9.89. The highest BCUT2D eigenvalue weighted by molar-refractivity contribution is 7.97. The van der Waals surface area contributed by atoms with E-state index in [1.165, 1.54) is 29.6 Å². The molecule has 3 aromatic rings. The average Bonchev–Trinajstić information content (AvgIpc) is 2.96. The Morgan fingerprint density at radius 1 is 0.977 bits per heavy atom. The summed E-state index contributed by atoms with van der Waals surface area (Å²) in [4.78, 5) is 41.9. The van der Waals surface area contributed by atoms with E-state index in [0.717, 1.165) is 28.9 Å². The van der Waals surface area contributed by atoms with Crippen LogP contribution in [0, 0.1) is 6.92 Å². The first-order valence-corrected chi connectivity index (χ1v) is 15.5. The van der Waals surface area contributed by atoms with Crippen LogP contribution in [0.15, 0.2) is 71.6 Å². The van der Waals surface area contributed by atoms with Crippen LogP contribution in [-0.4, -0.2) is 69.7 Å². The number of aromatic carboxylic acids is 1. The summed E-state index contributed by atoms with van der Waals surface area (Å²) in [5.74, 6) is -1.53. The van der Waals surface area contributed by atoms with Gasteiger partial charge < -0.3 is 24.7 Å². The van der Waals surface area contributed by atoms with Gasteiger partial charge in [0.15, 0.2) is 0 Å². The molecule has 0 bridgehead atoms. The molecule has 1 saturated heterocycles. The van der Waals surface area contributed by atoms with E-state index in [1.807, 2.05) is 75.4 Å². The summed E-state index contributed by atoms with van der Waals surface area (Å²) in [5, 5.41) is 19.7. The fourth-order valence-electron chi connectivity index (χ4n) is 5.08. The Morgan fingerprint density at radius 3 is 2.18 bits per heavy atom. The average molecular weight is 620 g/mol.